The minimum Gasteiger partial charge on any atom is -0.469 e. The maximum atomic E-state index is 12.6. The standard InChI is InChI=1S/C22H34O3/c1-20(2,25-6)16-9-10-17-15(14-16)8-11-18-21(17,3)12-7-13-22(18,4)19(23)24-5/h8,14,17-18H,7,9-13H2,1-6H3/t17-,18+,21+,22+/m0/s1. The predicted molar refractivity (Wildman–Crippen MR) is 100 cm³/mol. The van der Waals surface area contributed by atoms with Gasteiger partial charge in [0.25, 0.3) is 0 Å². The summed E-state index contributed by atoms with van der Waals surface area (Å²) >= 11 is 0. The lowest BCUT2D eigenvalue weighted by molar-refractivity contribution is -0.166. The van der Waals surface area contributed by atoms with Crippen molar-refractivity contribution in [3.05, 3.63) is 23.3 Å². The molecule has 0 aliphatic heterocycles. The molecule has 0 radical (unpaired) electrons. The number of hydrogen-bond donors (Lipinski definition) is 0. The molecule has 140 valence electrons. The topological polar surface area (TPSA) is 35.5 Å². The Morgan fingerprint density at radius 3 is 2.60 bits per heavy atom. The van der Waals surface area contributed by atoms with E-state index in [1.54, 1.807) is 7.11 Å². The van der Waals surface area contributed by atoms with Gasteiger partial charge in [0.2, 0.25) is 0 Å². The van der Waals surface area contributed by atoms with Crippen LogP contribution in [0.5, 0.6) is 0 Å². The monoisotopic (exact) mass is 346 g/mol. The van der Waals surface area contributed by atoms with Crippen LogP contribution in [0.15, 0.2) is 23.3 Å². The van der Waals surface area contributed by atoms with Crippen LogP contribution < -0.4 is 0 Å². The Bertz CT molecular complexity index is 615. The van der Waals surface area contributed by atoms with E-state index in [4.69, 9.17) is 9.47 Å². The predicted octanol–water partition coefficient (Wildman–Crippen LogP) is 5.06. The van der Waals surface area contributed by atoms with Crippen LogP contribution in [0.3, 0.4) is 0 Å². The van der Waals surface area contributed by atoms with Crippen molar-refractivity contribution >= 4 is 5.97 Å². The summed E-state index contributed by atoms with van der Waals surface area (Å²) in [5, 5.41) is 0. The molecule has 0 bridgehead atoms. The van der Waals surface area contributed by atoms with Crippen LogP contribution in [-0.4, -0.2) is 25.8 Å². The summed E-state index contributed by atoms with van der Waals surface area (Å²) in [6.07, 6.45) is 11.3. The molecule has 1 saturated carbocycles. The molecule has 0 heterocycles. The SMILES string of the molecule is COC(=O)[C@]1(C)CCC[C@@]2(C)[C@H]1CC=C1C=C(C(C)(C)OC)CC[C@@H]12. The van der Waals surface area contributed by atoms with Gasteiger partial charge in [-0.2, -0.15) is 0 Å². The lowest BCUT2D eigenvalue weighted by atomic mass is 9.47. The molecular formula is C22H34O3. The Hall–Kier alpha value is -1.09. The average Bonchev–Trinajstić information content (AvgIpc) is 2.60. The second kappa shape index (κ2) is 6.26. The molecule has 0 aromatic carbocycles. The van der Waals surface area contributed by atoms with Crippen molar-refractivity contribution in [3.8, 4) is 0 Å². The van der Waals surface area contributed by atoms with Crippen molar-refractivity contribution in [2.24, 2.45) is 22.7 Å². The third-order valence-corrected chi connectivity index (χ3v) is 7.74. The largest absolute Gasteiger partial charge is 0.469 e. The zero-order valence-electron chi connectivity index (χ0n) is 16.8. The number of methoxy groups -OCH3 is 2. The van der Waals surface area contributed by atoms with Crippen LogP contribution in [0.4, 0.5) is 0 Å². The number of fused-ring (bicyclic) bond motifs is 3. The highest BCUT2D eigenvalue weighted by Crippen LogP contribution is 2.62. The number of carbonyl (C=O) groups excluding carboxylic acids is 1. The van der Waals surface area contributed by atoms with Crippen LogP contribution in [0.1, 0.15) is 66.2 Å². The number of esters is 1. The van der Waals surface area contributed by atoms with Crippen molar-refractivity contribution in [1.29, 1.82) is 0 Å². The first-order valence-corrected chi connectivity index (χ1v) is 9.74. The van der Waals surface area contributed by atoms with E-state index in [1.807, 2.05) is 0 Å². The highest BCUT2D eigenvalue weighted by Gasteiger charge is 2.57. The van der Waals surface area contributed by atoms with Gasteiger partial charge >= 0.3 is 5.97 Å². The molecule has 0 amide bonds. The van der Waals surface area contributed by atoms with Crippen molar-refractivity contribution in [1.82, 2.24) is 0 Å². The summed E-state index contributed by atoms with van der Waals surface area (Å²) in [6, 6.07) is 0. The smallest absolute Gasteiger partial charge is 0.311 e. The normalized spacial score (nSPS) is 38.2. The lowest BCUT2D eigenvalue weighted by Gasteiger charge is -2.57. The van der Waals surface area contributed by atoms with E-state index in [1.165, 1.54) is 24.7 Å². The number of hydrogen-bond acceptors (Lipinski definition) is 3. The van der Waals surface area contributed by atoms with E-state index < -0.39 is 0 Å². The van der Waals surface area contributed by atoms with E-state index in [9.17, 15) is 4.79 Å². The minimum atomic E-state index is -0.348. The number of carbonyl (C=O) groups is 1. The molecule has 0 aromatic heterocycles. The average molecular weight is 347 g/mol. The highest BCUT2D eigenvalue weighted by molar-refractivity contribution is 5.77. The van der Waals surface area contributed by atoms with Gasteiger partial charge in [0.05, 0.1) is 18.1 Å². The third kappa shape index (κ3) is 2.79. The molecule has 3 nitrogen and oxygen atoms in total. The lowest BCUT2D eigenvalue weighted by Crippen LogP contribution is -2.53. The van der Waals surface area contributed by atoms with Gasteiger partial charge in [-0.3, -0.25) is 4.79 Å². The molecule has 0 spiro atoms. The van der Waals surface area contributed by atoms with Gasteiger partial charge in [0.15, 0.2) is 0 Å². The summed E-state index contributed by atoms with van der Waals surface area (Å²) in [7, 11) is 3.33. The minimum absolute atomic E-state index is 0.0205. The Labute approximate surface area is 152 Å². The second-order valence-corrected chi connectivity index (χ2v) is 9.24. The molecule has 3 aliphatic carbocycles. The molecule has 3 heteroatoms. The van der Waals surface area contributed by atoms with Crippen molar-refractivity contribution in [2.75, 3.05) is 14.2 Å². The fraction of sp³-hybridized carbons (Fsp3) is 0.773. The number of rotatable bonds is 3. The van der Waals surface area contributed by atoms with Gasteiger partial charge in [-0.15, -0.1) is 0 Å². The van der Waals surface area contributed by atoms with E-state index >= 15 is 0 Å². The molecule has 25 heavy (non-hydrogen) atoms. The Balaban J connectivity index is 1.98. The van der Waals surface area contributed by atoms with E-state index in [0.29, 0.717) is 11.8 Å². The van der Waals surface area contributed by atoms with Crippen molar-refractivity contribution in [3.63, 3.8) is 0 Å². The summed E-state index contributed by atoms with van der Waals surface area (Å²) < 4.78 is 10.9. The van der Waals surface area contributed by atoms with Crippen LogP contribution in [0.25, 0.3) is 0 Å². The second-order valence-electron chi connectivity index (χ2n) is 9.24. The van der Waals surface area contributed by atoms with Gasteiger partial charge in [0, 0.05) is 7.11 Å². The van der Waals surface area contributed by atoms with Crippen LogP contribution in [-0.2, 0) is 14.3 Å². The van der Waals surface area contributed by atoms with Crippen molar-refractivity contribution < 1.29 is 14.3 Å². The van der Waals surface area contributed by atoms with Crippen LogP contribution in [0.2, 0.25) is 0 Å². The maximum Gasteiger partial charge on any atom is 0.311 e. The molecule has 4 atom stereocenters. The fourth-order valence-corrected chi connectivity index (χ4v) is 5.95. The van der Waals surface area contributed by atoms with Gasteiger partial charge < -0.3 is 9.47 Å². The van der Waals surface area contributed by atoms with Crippen LogP contribution >= 0.6 is 0 Å². The van der Waals surface area contributed by atoms with Gasteiger partial charge in [-0.1, -0.05) is 25.5 Å². The first-order chi connectivity index (χ1) is 11.7. The summed E-state index contributed by atoms with van der Waals surface area (Å²) in [5.74, 6) is 0.903. The molecule has 0 N–H and O–H groups in total. The Kier molecular flexibility index (Phi) is 4.68. The number of ether oxygens (including phenoxy) is 2. The Morgan fingerprint density at radius 2 is 1.96 bits per heavy atom. The summed E-state index contributed by atoms with van der Waals surface area (Å²) in [6.45, 7) is 8.87. The van der Waals surface area contributed by atoms with Gasteiger partial charge in [0.1, 0.15) is 0 Å². The third-order valence-electron chi connectivity index (χ3n) is 7.74. The van der Waals surface area contributed by atoms with Gasteiger partial charge in [-0.25, -0.2) is 0 Å². The van der Waals surface area contributed by atoms with Crippen LogP contribution in [0, 0.1) is 22.7 Å². The quantitative estimate of drug-likeness (QED) is 0.670. The Morgan fingerprint density at radius 1 is 1.24 bits per heavy atom. The zero-order chi connectivity index (χ0) is 18.5. The molecule has 0 aromatic rings. The molecule has 0 saturated heterocycles. The first-order valence-electron chi connectivity index (χ1n) is 9.74. The van der Waals surface area contributed by atoms with E-state index in [2.05, 4.69) is 39.8 Å². The van der Waals surface area contributed by atoms with Gasteiger partial charge in [-0.05, 0) is 81.3 Å². The number of allylic oxidation sites excluding steroid dienone is 3. The molecule has 0 unspecified atom stereocenters. The van der Waals surface area contributed by atoms with E-state index in [0.717, 1.165) is 32.1 Å². The van der Waals surface area contributed by atoms with Crippen molar-refractivity contribution in [2.45, 2.75) is 71.8 Å². The molecule has 3 rings (SSSR count). The first kappa shape index (κ1) is 18.7. The molecule has 1 fully saturated rings. The molecular weight excluding hydrogens is 312 g/mol. The highest BCUT2D eigenvalue weighted by atomic mass is 16.5. The molecule has 3 aliphatic rings. The summed E-state index contributed by atoms with van der Waals surface area (Å²) in [4.78, 5) is 12.6. The summed E-state index contributed by atoms with van der Waals surface area (Å²) in [5.41, 5.74) is 2.51. The maximum absolute atomic E-state index is 12.6. The fourth-order valence-electron chi connectivity index (χ4n) is 5.95. The van der Waals surface area contributed by atoms with E-state index in [-0.39, 0.29) is 22.4 Å². The zero-order valence-corrected chi connectivity index (χ0v) is 16.8.